The molecule has 0 fully saturated rings. The fourth-order valence-electron chi connectivity index (χ4n) is 3.46. The molecule has 0 saturated carbocycles. The Bertz CT molecular complexity index is 320. The van der Waals surface area contributed by atoms with E-state index in [-0.39, 0.29) is 0 Å². The molecule has 2 unspecified atom stereocenters. The predicted molar refractivity (Wildman–Crippen MR) is 113 cm³/mol. The molecule has 4 heteroatoms. The lowest BCUT2D eigenvalue weighted by atomic mass is 9.94. The first-order valence-corrected chi connectivity index (χ1v) is 11.6. The third kappa shape index (κ3) is 17.2. The van der Waals surface area contributed by atoms with Crippen molar-refractivity contribution in [3.8, 4) is 0 Å². The summed E-state index contributed by atoms with van der Waals surface area (Å²) in [6.45, 7) is 4.28. The van der Waals surface area contributed by atoms with Crippen LogP contribution in [0.4, 0.5) is 0 Å². The van der Waals surface area contributed by atoms with Crippen LogP contribution in [0, 0.1) is 5.92 Å². The van der Waals surface area contributed by atoms with Crippen LogP contribution in [0.3, 0.4) is 0 Å². The van der Waals surface area contributed by atoms with Gasteiger partial charge in [0, 0.05) is 0 Å². The van der Waals surface area contributed by atoms with Gasteiger partial charge in [0.15, 0.2) is 6.10 Å². The molecule has 0 aliphatic rings. The fourth-order valence-corrected chi connectivity index (χ4v) is 3.46. The Morgan fingerprint density at radius 1 is 0.741 bits per heavy atom. The van der Waals surface area contributed by atoms with Crippen LogP contribution in [0.1, 0.15) is 117 Å². The van der Waals surface area contributed by atoms with Gasteiger partial charge in [0.2, 0.25) is 0 Å². The van der Waals surface area contributed by atoms with Crippen molar-refractivity contribution in [3.05, 3.63) is 0 Å². The first kappa shape index (κ1) is 26.4. The van der Waals surface area contributed by atoms with E-state index in [2.05, 4.69) is 13.8 Å². The van der Waals surface area contributed by atoms with Crippen molar-refractivity contribution >= 4 is 5.97 Å². The number of carbonyl (C=O) groups excluding carboxylic acids is 1. The molecule has 0 aromatic carbocycles. The number of unbranched alkanes of at least 4 members (excludes halogenated alkanes) is 12. The average Bonchev–Trinajstić information content (AvgIpc) is 2.68. The molecule has 0 aromatic heterocycles. The van der Waals surface area contributed by atoms with Crippen LogP contribution in [0.15, 0.2) is 0 Å². The zero-order valence-electron chi connectivity index (χ0n) is 18.1. The minimum Gasteiger partial charge on any atom is -0.463 e. The number of hydrogen-bond donors (Lipinski definition) is 2. The van der Waals surface area contributed by atoms with Gasteiger partial charge in [0.1, 0.15) is 0 Å². The van der Waals surface area contributed by atoms with E-state index in [9.17, 15) is 9.90 Å². The summed E-state index contributed by atoms with van der Waals surface area (Å²) in [6.07, 6.45) is 18.9. The second kappa shape index (κ2) is 20.1. The molecule has 0 radical (unpaired) electrons. The van der Waals surface area contributed by atoms with Crippen LogP contribution >= 0.6 is 0 Å². The van der Waals surface area contributed by atoms with E-state index in [1.54, 1.807) is 0 Å². The number of aliphatic hydroxyl groups is 2. The van der Waals surface area contributed by atoms with Gasteiger partial charge in [-0.15, -0.1) is 0 Å². The highest BCUT2D eigenvalue weighted by Crippen LogP contribution is 2.20. The first-order valence-electron chi connectivity index (χ1n) is 11.6. The van der Waals surface area contributed by atoms with E-state index in [1.807, 2.05) is 0 Å². The summed E-state index contributed by atoms with van der Waals surface area (Å²) in [5.41, 5.74) is 0. The second-order valence-electron chi connectivity index (χ2n) is 8.01. The molecule has 0 aromatic rings. The third-order valence-corrected chi connectivity index (χ3v) is 5.34. The Labute approximate surface area is 168 Å². The number of carbonyl (C=O) groups is 1. The molecule has 2 N–H and O–H groups in total. The number of ether oxygens (including phenoxy) is 1. The fraction of sp³-hybridized carbons (Fsp3) is 0.957. The molecule has 0 bridgehead atoms. The molecule has 27 heavy (non-hydrogen) atoms. The Morgan fingerprint density at radius 2 is 1.15 bits per heavy atom. The van der Waals surface area contributed by atoms with E-state index < -0.39 is 18.7 Å². The molecule has 0 rings (SSSR count). The van der Waals surface area contributed by atoms with Gasteiger partial charge in [-0.25, -0.2) is 4.79 Å². The van der Waals surface area contributed by atoms with Gasteiger partial charge in [-0.05, 0) is 18.8 Å². The molecule has 0 spiro atoms. The summed E-state index contributed by atoms with van der Waals surface area (Å²) in [6, 6.07) is 0. The van der Waals surface area contributed by atoms with Crippen molar-refractivity contribution in [2.45, 2.75) is 123 Å². The SMILES string of the molecule is CCCCCCCCCCC(CCCCCCCC)COC(=O)C(O)CO. The van der Waals surface area contributed by atoms with Crippen LogP contribution in [0.5, 0.6) is 0 Å². The lowest BCUT2D eigenvalue weighted by Gasteiger charge is -2.18. The van der Waals surface area contributed by atoms with E-state index in [0.717, 1.165) is 12.8 Å². The van der Waals surface area contributed by atoms with Crippen molar-refractivity contribution in [1.82, 2.24) is 0 Å². The van der Waals surface area contributed by atoms with Crippen molar-refractivity contribution in [2.24, 2.45) is 5.92 Å². The smallest absolute Gasteiger partial charge is 0.337 e. The highest BCUT2D eigenvalue weighted by atomic mass is 16.5. The van der Waals surface area contributed by atoms with Gasteiger partial charge in [0.25, 0.3) is 0 Å². The topological polar surface area (TPSA) is 66.8 Å². The lowest BCUT2D eigenvalue weighted by molar-refractivity contribution is -0.157. The summed E-state index contributed by atoms with van der Waals surface area (Å²) in [7, 11) is 0. The van der Waals surface area contributed by atoms with E-state index in [4.69, 9.17) is 9.84 Å². The standard InChI is InChI=1S/C23H46O4/c1-3-5-7-9-11-12-14-16-18-21(17-15-13-10-8-6-4-2)20-27-23(26)22(25)19-24/h21-22,24-25H,3-20H2,1-2H3. The molecular formula is C23H46O4. The maximum absolute atomic E-state index is 11.6. The van der Waals surface area contributed by atoms with E-state index >= 15 is 0 Å². The van der Waals surface area contributed by atoms with Crippen molar-refractivity contribution in [3.63, 3.8) is 0 Å². The van der Waals surface area contributed by atoms with Gasteiger partial charge in [-0.2, -0.15) is 0 Å². The molecule has 0 aliphatic heterocycles. The average molecular weight is 387 g/mol. The zero-order chi connectivity index (χ0) is 20.2. The maximum atomic E-state index is 11.6. The molecule has 0 amide bonds. The normalized spacial score (nSPS) is 13.5. The zero-order valence-corrected chi connectivity index (χ0v) is 18.1. The highest BCUT2D eigenvalue weighted by Gasteiger charge is 2.18. The van der Waals surface area contributed by atoms with Crippen molar-refractivity contribution in [2.75, 3.05) is 13.2 Å². The summed E-state index contributed by atoms with van der Waals surface area (Å²) in [4.78, 5) is 11.6. The van der Waals surface area contributed by atoms with E-state index in [1.165, 1.54) is 89.9 Å². The first-order chi connectivity index (χ1) is 13.2. The lowest BCUT2D eigenvalue weighted by Crippen LogP contribution is -2.28. The number of hydrogen-bond acceptors (Lipinski definition) is 4. The minimum absolute atomic E-state index is 0.376. The van der Waals surface area contributed by atoms with Gasteiger partial charge in [-0.3, -0.25) is 0 Å². The van der Waals surface area contributed by atoms with Crippen LogP contribution in [0.2, 0.25) is 0 Å². The molecule has 0 saturated heterocycles. The molecule has 2 atom stereocenters. The Morgan fingerprint density at radius 3 is 1.56 bits per heavy atom. The summed E-state index contributed by atoms with van der Waals surface area (Å²) in [5.74, 6) is -0.313. The number of aliphatic hydroxyl groups excluding tert-OH is 2. The molecular weight excluding hydrogens is 340 g/mol. The van der Waals surface area contributed by atoms with Gasteiger partial charge >= 0.3 is 5.97 Å². The predicted octanol–water partition coefficient (Wildman–Crippen LogP) is 5.78. The quantitative estimate of drug-likeness (QED) is 0.205. The van der Waals surface area contributed by atoms with Crippen molar-refractivity contribution in [1.29, 1.82) is 0 Å². The Kier molecular flexibility index (Phi) is 19.7. The Hall–Kier alpha value is -0.610. The molecule has 162 valence electrons. The van der Waals surface area contributed by atoms with Crippen LogP contribution in [-0.4, -0.2) is 35.5 Å². The van der Waals surface area contributed by atoms with Gasteiger partial charge < -0.3 is 14.9 Å². The second-order valence-corrected chi connectivity index (χ2v) is 8.01. The number of esters is 1. The van der Waals surface area contributed by atoms with Crippen molar-refractivity contribution < 1.29 is 19.7 Å². The Balaban J connectivity index is 3.98. The molecule has 0 aliphatic carbocycles. The largest absolute Gasteiger partial charge is 0.463 e. The maximum Gasteiger partial charge on any atom is 0.337 e. The van der Waals surface area contributed by atoms with Crippen LogP contribution < -0.4 is 0 Å². The summed E-state index contributed by atoms with van der Waals surface area (Å²) < 4.78 is 5.23. The van der Waals surface area contributed by atoms with Crippen LogP contribution in [0.25, 0.3) is 0 Å². The van der Waals surface area contributed by atoms with E-state index in [0.29, 0.717) is 12.5 Å². The number of rotatable bonds is 20. The highest BCUT2D eigenvalue weighted by molar-refractivity contribution is 5.74. The molecule has 0 heterocycles. The van der Waals surface area contributed by atoms with Gasteiger partial charge in [-0.1, -0.05) is 104 Å². The van der Waals surface area contributed by atoms with Crippen LogP contribution in [-0.2, 0) is 9.53 Å². The third-order valence-electron chi connectivity index (χ3n) is 5.34. The monoisotopic (exact) mass is 386 g/mol. The molecule has 4 nitrogen and oxygen atoms in total. The summed E-state index contributed by atoms with van der Waals surface area (Å²) >= 11 is 0. The summed E-state index contributed by atoms with van der Waals surface area (Å²) in [5, 5.41) is 18.2. The van der Waals surface area contributed by atoms with Gasteiger partial charge in [0.05, 0.1) is 13.2 Å². The minimum atomic E-state index is -1.40.